The highest BCUT2D eigenvalue weighted by Crippen LogP contribution is 2.25. The zero-order valence-electron chi connectivity index (χ0n) is 16.7. The van der Waals surface area contributed by atoms with E-state index in [1.165, 1.54) is 0 Å². The Morgan fingerprint density at radius 3 is 2.82 bits per heavy atom. The Bertz CT molecular complexity index is 815. The second kappa shape index (κ2) is 8.55. The van der Waals surface area contributed by atoms with E-state index in [9.17, 15) is 4.79 Å². The summed E-state index contributed by atoms with van der Waals surface area (Å²) in [4.78, 5) is 26.2. The van der Waals surface area contributed by atoms with E-state index in [4.69, 9.17) is 9.47 Å². The Morgan fingerprint density at radius 2 is 2.04 bits per heavy atom. The van der Waals surface area contributed by atoms with E-state index in [0.717, 1.165) is 43.8 Å². The Hall–Kier alpha value is -2.03. The summed E-state index contributed by atoms with van der Waals surface area (Å²) in [6.45, 7) is 5.01. The molecule has 0 bridgehead atoms. The maximum absolute atomic E-state index is 13.1. The molecule has 2 aliphatic heterocycles. The first-order chi connectivity index (χ1) is 13.6. The standard InChI is InChI=1S/C20H29N5O3/c1-23(2)11-15-12-24(5-8-28-13-15)20(26)16-9-18-19(21-10-16)25(14-22-18)17-3-6-27-7-4-17/h9-10,14-15,17H,3-8,11-13H2,1-2H3. The van der Waals surface area contributed by atoms with Crippen LogP contribution in [0.15, 0.2) is 18.6 Å². The second-order valence-corrected chi connectivity index (χ2v) is 8.02. The SMILES string of the molecule is CN(C)CC1COCCN(C(=O)c2cnc3c(c2)ncn3C2CCOCC2)C1. The minimum atomic E-state index is 0.00396. The van der Waals surface area contributed by atoms with Gasteiger partial charge in [0.05, 0.1) is 25.1 Å². The summed E-state index contributed by atoms with van der Waals surface area (Å²) in [7, 11) is 4.09. The van der Waals surface area contributed by atoms with E-state index < -0.39 is 0 Å². The third-order valence-corrected chi connectivity index (χ3v) is 5.49. The average Bonchev–Trinajstić information content (AvgIpc) is 2.99. The van der Waals surface area contributed by atoms with Crippen LogP contribution in [0.2, 0.25) is 0 Å². The van der Waals surface area contributed by atoms with Crippen LogP contribution in [0.1, 0.15) is 29.2 Å². The molecule has 0 radical (unpaired) electrons. The monoisotopic (exact) mass is 387 g/mol. The minimum Gasteiger partial charge on any atom is -0.381 e. The van der Waals surface area contributed by atoms with E-state index in [1.54, 1.807) is 6.20 Å². The minimum absolute atomic E-state index is 0.00396. The second-order valence-electron chi connectivity index (χ2n) is 8.02. The van der Waals surface area contributed by atoms with Crippen LogP contribution in [0.4, 0.5) is 0 Å². The van der Waals surface area contributed by atoms with Gasteiger partial charge in [0.1, 0.15) is 5.52 Å². The van der Waals surface area contributed by atoms with Crippen molar-refractivity contribution in [2.24, 2.45) is 5.92 Å². The van der Waals surface area contributed by atoms with Crippen LogP contribution in [-0.4, -0.2) is 90.4 Å². The van der Waals surface area contributed by atoms with Gasteiger partial charge in [-0.25, -0.2) is 9.97 Å². The number of nitrogens with zero attached hydrogens (tertiary/aromatic N) is 5. The number of amides is 1. The molecule has 0 aliphatic carbocycles. The van der Waals surface area contributed by atoms with Gasteiger partial charge in [0, 0.05) is 51.0 Å². The molecule has 1 amide bonds. The van der Waals surface area contributed by atoms with Crippen molar-refractivity contribution < 1.29 is 14.3 Å². The lowest BCUT2D eigenvalue weighted by Gasteiger charge is -2.25. The average molecular weight is 387 g/mol. The molecule has 4 rings (SSSR count). The fourth-order valence-electron chi connectivity index (χ4n) is 4.14. The number of imidazole rings is 1. The van der Waals surface area contributed by atoms with E-state index in [0.29, 0.717) is 43.8 Å². The molecular weight excluding hydrogens is 358 g/mol. The van der Waals surface area contributed by atoms with Gasteiger partial charge < -0.3 is 23.8 Å². The molecule has 2 aliphatic rings. The van der Waals surface area contributed by atoms with E-state index >= 15 is 0 Å². The number of ether oxygens (including phenoxy) is 2. The van der Waals surface area contributed by atoms with Crippen LogP contribution in [0.3, 0.4) is 0 Å². The van der Waals surface area contributed by atoms with Gasteiger partial charge in [-0.3, -0.25) is 4.79 Å². The summed E-state index contributed by atoms with van der Waals surface area (Å²) < 4.78 is 13.3. The molecule has 8 nitrogen and oxygen atoms in total. The molecular formula is C20H29N5O3. The van der Waals surface area contributed by atoms with Crippen molar-refractivity contribution >= 4 is 17.1 Å². The molecule has 1 unspecified atom stereocenters. The first-order valence-corrected chi connectivity index (χ1v) is 10.0. The molecule has 2 aromatic rings. The summed E-state index contributed by atoms with van der Waals surface area (Å²) in [5.74, 6) is 0.315. The zero-order valence-corrected chi connectivity index (χ0v) is 16.7. The molecule has 152 valence electrons. The molecule has 4 heterocycles. The highest BCUT2D eigenvalue weighted by molar-refractivity contribution is 5.96. The van der Waals surface area contributed by atoms with Crippen LogP contribution < -0.4 is 0 Å². The number of aromatic nitrogens is 3. The third-order valence-electron chi connectivity index (χ3n) is 5.49. The van der Waals surface area contributed by atoms with E-state index in [-0.39, 0.29) is 5.91 Å². The van der Waals surface area contributed by atoms with Gasteiger partial charge in [-0.05, 0) is 33.0 Å². The van der Waals surface area contributed by atoms with Crippen molar-refractivity contribution in [3.63, 3.8) is 0 Å². The lowest BCUT2D eigenvalue weighted by atomic mass is 10.1. The Balaban J connectivity index is 1.52. The van der Waals surface area contributed by atoms with Crippen molar-refractivity contribution in [3.05, 3.63) is 24.2 Å². The molecule has 0 spiro atoms. The lowest BCUT2D eigenvalue weighted by Crippen LogP contribution is -2.38. The molecule has 0 N–H and O–H groups in total. The maximum Gasteiger partial charge on any atom is 0.255 e. The predicted molar refractivity (Wildman–Crippen MR) is 105 cm³/mol. The quantitative estimate of drug-likeness (QED) is 0.790. The van der Waals surface area contributed by atoms with Crippen LogP contribution >= 0.6 is 0 Å². The van der Waals surface area contributed by atoms with Crippen LogP contribution in [-0.2, 0) is 9.47 Å². The van der Waals surface area contributed by atoms with Crippen LogP contribution in [0.25, 0.3) is 11.2 Å². The highest BCUT2D eigenvalue weighted by atomic mass is 16.5. The first-order valence-electron chi connectivity index (χ1n) is 10.0. The summed E-state index contributed by atoms with van der Waals surface area (Å²) in [5.41, 5.74) is 2.21. The normalized spacial score (nSPS) is 22.0. The van der Waals surface area contributed by atoms with Crippen molar-refractivity contribution in [2.45, 2.75) is 18.9 Å². The molecule has 2 aromatic heterocycles. The van der Waals surface area contributed by atoms with Crippen LogP contribution in [0.5, 0.6) is 0 Å². The first kappa shape index (κ1) is 19.3. The molecule has 0 saturated carbocycles. The van der Waals surface area contributed by atoms with Gasteiger partial charge in [-0.2, -0.15) is 0 Å². The zero-order chi connectivity index (χ0) is 19.5. The van der Waals surface area contributed by atoms with Gasteiger partial charge in [0.2, 0.25) is 0 Å². The largest absolute Gasteiger partial charge is 0.381 e. The lowest BCUT2D eigenvalue weighted by molar-refractivity contribution is 0.0704. The topological polar surface area (TPSA) is 72.7 Å². The predicted octanol–water partition coefficient (Wildman–Crippen LogP) is 1.43. The number of hydrogen-bond acceptors (Lipinski definition) is 6. The number of rotatable bonds is 4. The summed E-state index contributed by atoms with van der Waals surface area (Å²) >= 11 is 0. The fraction of sp³-hybridized carbons (Fsp3) is 0.650. The van der Waals surface area contributed by atoms with Crippen molar-refractivity contribution in [1.82, 2.24) is 24.3 Å². The molecule has 28 heavy (non-hydrogen) atoms. The van der Waals surface area contributed by atoms with Gasteiger partial charge in [-0.1, -0.05) is 0 Å². The van der Waals surface area contributed by atoms with Gasteiger partial charge in [0.15, 0.2) is 5.65 Å². The smallest absolute Gasteiger partial charge is 0.255 e. The Morgan fingerprint density at radius 1 is 1.21 bits per heavy atom. The van der Waals surface area contributed by atoms with Crippen molar-refractivity contribution in [2.75, 3.05) is 60.2 Å². The van der Waals surface area contributed by atoms with Gasteiger partial charge in [-0.15, -0.1) is 0 Å². The Labute approximate surface area is 165 Å². The summed E-state index contributed by atoms with van der Waals surface area (Å²) in [6.07, 6.45) is 5.47. The molecule has 2 fully saturated rings. The summed E-state index contributed by atoms with van der Waals surface area (Å²) in [5, 5.41) is 0. The molecule has 8 heteroatoms. The number of hydrogen-bond donors (Lipinski definition) is 0. The molecule has 1 atom stereocenters. The number of pyridine rings is 1. The molecule has 2 saturated heterocycles. The highest BCUT2D eigenvalue weighted by Gasteiger charge is 2.25. The number of fused-ring (bicyclic) bond motifs is 1. The van der Waals surface area contributed by atoms with Crippen molar-refractivity contribution in [1.29, 1.82) is 0 Å². The maximum atomic E-state index is 13.1. The number of carbonyl (C=O) groups excluding carboxylic acids is 1. The van der Waals surface area contributed by atoms with Gasteiger partial charge in [0.25, 0.3) is 5.91 Å². The van der Waals surface area contributed by atoms with E-state index in [2.05, 4.69) is 19.4 Å². The van der Waals surface area contributed by atoms with Crippen LogP contribution in [0, 0.1) is 5.92 Å². The van der Waals surface area contributed by atoms with Crippen molar-refractivity contribution in [3.8, 4) is 0 Å². The molecule has 0 aromatic carbocycles. The third kappa shape index (κ3) is 4.19. The number of carbonyl (C=O) groups is 1. The van der Waals surface area contributed by atoms with Gasteiger partial charge >= 0.3 is 0 Å². The van der Waals surface area contributed by atoms with E-state index in [1.807, 2.05) is 31.4 Å². The Kier molecular flexibility index (Phi) is 5.89. The fourth-order valence-corrected chi connectivity index (χ4v) is 4.14. The summed E-state index contributed by atoms with van der Waals surface area (Å²) in [6, 6.07) is 2.23.